The number of esters is 2. The molecule has 0 amide bonds. The van der Waals surface area contributed by atoms with E-state index in [-0.39, 0.29) is 0 Å². The quantitative estimate of drug-likeness (QED) is 0.304. The van der Waals surface area contributed by atoms with E-state index in [4.69, 9.17) is 9.79 Å². The van der Waals surface area contributed by atoms with Gasteiger partial charge in [0.15, 0.2) is 0 Å². The standard InChI is InChI=1S/C5H10NO6P/c1-4(7)12-5(8)2-6-3-13(9,10)11/h6H,2-3H2,1H3,(H2,9,10,11). The molecule has 0 fully saturated rings. The van der Waals surface area contributed by atoms with Crippen LogP contribution in [0.15, 0.2) is 0 Å². The van der Waals surface area contributed by atoms with E-state index in [1.807, 2.05) is 0 Å². The third-order valence-electron chi connectivity index (χ3n) is 0.845. The third-order valence-corrected chi connectivity index (χ3v) is 1.48. The Hall–Kier alpha value is -0.750. The third kappa shape index (κ3) is 9.16. The highest BCUT2D eigenvalue weighted by atomic mass is 31.2. The molecule has 0 saturated carbocycles. The fourth-order valence-electron chi connectivity index (χ4n) is 0.500. The number of carbonyl (C=O) groups is 2. The topological polar surface area (TPSA) is 113 Å². The molecule has 0 aliphatic rings. The predicted octanol–water partition coefficient (Wildman–Crippen LogP) is -1.20. The molecule has 0 radical (unpaired) electrons. The van der Waals surface area contributed by atoms with Crippen LogP contribution in [-0.2, 0) is 18.9 Å². The van der Waals surface area contributed by atoms with Crippen molar-refractivity contribution in [3.05, 3.63) is 0 Å². The summed E-state index contributed by atoms with van der Waals surface area (Å²) in [5, 5.41) is 2.14. The lowest BCUT2D eigenvalue weighted by molar-refractivity contribution is -0.157. The Morgan fingerprint density at radius 1 is 1.46 bits per heavy atom. The minimum absolute atomic E-state index is 0.412. The van der Waals surface area contributed by atoms with Crippen molar-refractivity contribution in [3.63, 3.8) is 0 Å². The summed E-state index contributed by atoms with van der Waals surface area (Å²) in [6.07, 6.45) is -0.625. The van der Waals surface area contributed by atoms with E-state index >= 15 is 0 Å². The molecule has 0 unspecified atom stereocenters. The van der Waals surface area contributed by atoms with E-state index in [1.54, 1.807) is 0 Å². The molecule has 0 aromatic heterocycles. The van der Waals surface area contributed by atoms with Crippen molar-refractivity contribution in [1.29, 1.82) is 0 Å². The molecule has 0 spiro atoms. The van der Waals surface area contributed by atoms with Crippen LogP contribution in [0.1, 0.15) is 6.92 Å². The summed E-state index contributed by atoms with van der Waals surface area (Å²) < 4.78 is 14.3. The summed E-state index contributed by atoms with van der Waals surface area (Å²) in [5.74, 6) is -1.64. The molecule has 7 nitrogen and oxygen atoms in total. The summed E-state index contributed by atoms with van der Waals surface area (Å²) >= 11 is 0. The van der Waals surface area contributed by atoms with Crippen molar-refractivity contribution in [2.24, 2.45) is 0 Å². The van der Waals surface area contributed by atoms with Gasteiger partial charge in [-0.1, -0.05) is 0 Å². The SMILES string of the molecule is CC(=O)OC(=O)CNCP(=O)(O)O. The van der Waals surface area contributed by atoms with Crippen molar-refractivity contribution in [2.75, 3.05) is 12.8 Å². The monoisotopic (exact) mass is 211 g/mol. The lowest BCUT2D eigenvalue weighted by Crippen LogP contribution is -2.26. The van der Waals surface area contributed by atoms with Gasteiger partial charge in [0.25, 0.3) is 0 Å². The molecule has 0 bridgehead atoms. The van der Waals surface area contributed by atoms with Gasteiger partial charge in [0, 0.05) is 6.92 Å². The first kappa shape index (κ1) is 12.2. The first-order chi connectivity index (χ1) is 5.81. The molecule has 0 aromatic rings. The average Bonchev–Trinajstić information content (AvgIpc) is 1.81. The second-order valence-electron chi connectivity index (χ2n) is 2.22. The van der Waals surface area contributed by atoms with Gasteiger partial charge in [-0.15, -0.1) is 0 Å². The Morgan fingerprint density at radius 2 is 2.00 bits per heavy atom. The van der Waals surface area contributed by atoms with Crippen LogP contribution in [0.25, 0.3) is 0 Å². The Bertz CT molecular complexity index is 245. The van der Waals surface area contributed by atoms with Crippen molar-refractivity contribution >= 4 is 19.5 Å². The second kappa shape index (κ2) is 5.08. The molecule has 0 heterocycles. The lowest BCUT2D eigenvalue weighted by Gasteiger charge is -2.04. The van der Waals surface area contributed by atoms with E-state index in [1.165, 1.54) is 0 Å². The van der Waals surface area contributed by atoms with Crippen LogP contribution < -0.4 is 5.32 Å². The fraction of sp³-hybridized carbons (Fsp3) is 0.600. The van der Waals surface area contributed by atoms with E-state index < -0.39 is 32.4 Å². The number of hydrogen-bond donors (Lipinski definition) is 3. The van der Waals surface area contributed by atoms with Crippen molar-refractivity contribution in [2.45, 2.75) is 6.92 Å². The molecule has 0 aliphatic heterocycles. The first-order valence-corrected chi connectivity index (χ1v) is 5.07. The predicted molar refractivity (Wildman–Crippen MR) is 41.7 cm³/mol. The molecule has 76 valence electrons. The van der Waals surface area contributed by atoms with Gasteiger partial charge in [-0.3, -0.25) is 19.5 Å². The average molecular weight is 211 g/mol. The van der Waals surface area contributed by atoms with Crippen molar-refractivity contribution < 1.29 is 28.7 Å². The second-order valence-corrected chi connectivity index (χ2v) is 3.86. The molecule has 3 N–H and O–H groups in total. The smallest absolute Gasteiger partial charge is 0.339 e. The summed E-state index contributed by atoms with van der Waals surface area (Å²) in [4.78, 5) is 37.5. The molecular weight excluding hydrogens is 201 g/mol. The van der Waals surface area contributed by atoms with Crippen LogP contribution in [0, 0.1) is 0 Å². The summed E-state index contributed by atoms with van der Waals surface area (Å²) in [5.41, 5.74) is 0. The summed E-state index contributed by atoms with van der Waals surface area (Å²) in [6.45, 7) is 0.644. The Balaban J connectivity index is 3.60. The van der Waals surface area contributed by atoms with Crippen LogP contribution in [0.3, 0.4) is 0 Å². The number of rotatable bonds is 4. The Labute approximate surface area is 74.2 Å². The number of nitrogens with one attached hydrogen (secondary N) is 1. The number of carbonyl (C=O) groups excluding carboxylic acids is 2. The van der Waals surface area contributed by atoms with Gasteiger partial charge >= 0.3 is 19.5 Å². The zero-order chi connectivity index (χ0) is 10.5. The van der Waals surface area contributed by atoms with Gasteiger partial charge in [-0.2, -0.15) is 0 Å². The van der Waals surface area contributed by atoms with Crippen LogP contribution in [0.2, 0.25) is 0 Å². The van der Waals surface area contributed by atoms with Crippen molar-refractivity contribution in [3.8, 4) is 0 Å². The maximum absolute atomic E-state index is 10.6. The highest BCUT2D eigenvalue weighted by Crippen LogP contribution is 2.31. The van der Waals surface area contributed by atoms with Gasteiger partial charge in [0.05, 0.1) is 12.8 Å². The molecule has 13 heavy (non-hydrogen) atoms. The molecule has 0 aliphatic carbocycles. The maximum atomic E-state index is 10.6. The van der Waals surface area contributed by atoms with Crippen LogP contribution in [0.4, 0.5) is 0 Å². The van der Waals surface area contributed by atoms with Gasteiger partial charge in [0.1, 0.15) is 0 Å². The summed E-state index contributed by atoms with van der Waals surface area (Å²) in [7, 11) is -4.16. The van der Waals surface area contributed by atoms with E-state index in [0.717, 1.165) is 6.92 Å². The highest BCUT2D eigenvalue weighted by molar-refractivity contribution is 7.51. The van der Waals surface area contributed by atoms with Crippen LogP contribution in [-0.4, -0.2) is 34.6 Å². The fourth-order valence-corrected chi connectivity index (χ4v) is 0.903. The van der Waals surface area contributed by atoms with Gasteiger partial charge < -0.3 is 14.5 Å². The summed E-state index contributed by atoms with van der Waals surface area (Å²) in [6, 6.07) is 0. The molecule has 0 aromatic carbocycles. The van der Waals surface area contributed by atoms with Crippen LogP contribution in [0.5, 0.6) is 0 Å². The molecule has 0 atom stereocenters. The zero-order valence-corrected chi connectivity index (χ0v) is 7.78. The zero-order valence-electron chi connectivity index (χ0n) is 6.89. The lowest BCUT2D eigenvalue weighted by atomic mass is 10.6. The van der Waals surface area contributed by atoms with Crippen LogP contribution >= 0.6 is 7.60 Å². The van der Waals surface area contributed by atoms with Crippen molar-refractivity contribution in [1.82, 2.24) is 5.32 Å². The molecule has 0 rings (SSSR count). The largest absolute Gasteiger partial charge is 0.392 e. The van der Waals surface area contributed by atoms with Gasteiger partial charge in [0.2, 0.25) is 0 Å². The molecule has 0 saturated heterocycles. The normalized spacial score (nSPS) is 11.0. The molecule has 8 heteroatoms. The molecular formula is C5H10NO6P. The Morgan fingerprint density at radius 3 is 2.38 bits per heavy atom. The van der Waals surface area contributed by atoms with E-state index in [2.05, 4.69) is 10.1 Å². The number of ether oxygens (including phenoxy) is 1. The minimum atomic E-state index is -4.16. The van der Waals surface area contributed by atoms with E-state index in [9.17, 15) is 14.2 Å². The van der Waals surface area contributed by atoms with E-state index in [0.29, 0.717) is 0 Å². The maximum Gasteiger partial charge on any atom is 0.339 e. The number of hydrogen-bond acceptors (Lipinski definition) is 5. The Kier molecular flexibility index (Phi) is 4.79. The van der Waals surface area contributed by atoms with Gasteiger partial charge in [-0.05, 0) is 0 Å². The minimum Gasteiger partial charge on any atom is -0.392 e. The first-order valence-electron chi connectivity index (χ1n) is 3.28. The highest BCUT2D eigenvalue weighted by Gasteiger charge is 2.13. The van der Waals surface area contributed by atoms with Gasteiger partial charge in [-0.25, -0.2) is 0 Å².